The Labute approximate surface area is 152 Å². The molecular formula is C20H22N2O4. The summed E-state index contributed by atoms with van der Waals surface area (Å²) in [4.78, 5) is 23.9. The van der Waals surface area contributed by atoms with E-state index >= 15 is 0 Å². The lowest BCUT2D eigenvalue weighted by molar-refractivity contribution is -0.117. The van der Waals surface area contributed by atoms with Gasteiger partial charge in [-0.05, 0) is 49.2 Å². The monoisotopic (exact) mass is 354 g/mol. The van der Waals surface area contributed by atoms with Crippen molar-refractivity contribution in [3.63, 3.8) is 0 Å². The Balaban J connectivity index is 1.43. The standard InChI is InChI=1S/C20H22N2O4/c1-25-17-4-2-3-5-18(17)26-13-12-21-19(23)14-8-10-16(11-9-14)22-20(24)15-6-7-15/h2-5,8-11,15H,6-7,12-13H2,1H3,(H,21,23)(H,22,24). The third kappa shape index (κ3) is 4.75. The van der Waals surface area contributed by atoms with Crippen LogP contribution in [-0.2, 0) is 4.79 Å². The fourth-order valence-electron chi connectivity index (χ4n) is 2.46. The van der Waals surface area contributed by atoms with Crippen molar-refractivity contribution in [3.8, 4) is 11.5 Å². The summed E-state index contributed by atoms with van der Waals surface area (Å²) in [5.74, 6) is 1.31. The van der Waals surface area contributed by atoms with Crippen molar-refractivity contribution in [1.82, 2.24) is 5.32 Å². The third-order valence-corrected chi connectivity index (χ3v) is 4.08. The molecule has 0 saturated heterocycles. The van der Waals surface area contributed by atoms with Crippen molar-refractivity contribution in [2.75, 3.05) is 25.6 Å². The predicted octanol–water partition coefficient (Wildman–Crippen LogP) is 2.85. The van der Waals surface area contributed by atoms with Crippen LogP contribution in [0.25, 0.3) is 0 Å². The molecule has 6 heteroatoms. The summed E-state index contributed by atoms with van der Waals surface area (Å²) in [6.45, 7) is 0.707. The summed E-state index contributed by atoms with van der Waals surface area (Å²) in [6, 6.07) is 14.2. The van der Waals surface area contributed by atoms with Gasteiger partial charge < -0.3 is 20.1 Å². The Kier molecular flexibility index (Phi) is 5.73. The molecule has 2 N–H and O–H groups in total. The Morgan fingerprint density at radius 3 is 2.38 bits per heavy atom. The maximum Gasteiger partial charge on any atom is 0.251 e. The van der Waals surface area contributed by atoms with Crippen LogP contribution in [0.3, 0.4) is 0 Å². The second kappa shape index (κ2) is 8.38. The third-order valence-electron chi connectivity index (χ3n) is 4.08. The van der Waals surface area contributed by atoms with Crippen molar-refractivity contribution in [2.45, 2.75) is 12.8 Å². The number of methoxy groups -OCH3 is 1. The number of carbonyl (C=O) groups excluding carboxylic acids is 2. The van der Waals surface area contributed by atoms with Gasteiger partial charge in [0, 0.05) is 17.2 Å². The van der Waals surface area contributed by atoms with Gasteiger partial charge in [0.2, 0.25) is 5.91 Å². The van der Waals surface area contributed by atoms with Crippen LogP contribution in [0.5, 0.6) is 11.5 Å². The summed E-state index contributed by atoms with van der Waals surface area (Å²) >= 11 is 0. The van der Waals surface area contributed by atoms with Crippen molar-refractivity contribution in [2.24, 2.45) is 5.92 Å². The number of anilines is 1. The van der Waals surface area contributed by atoms with Crippen LogP contribution >= 0.6 is 0 Å². The van der Waals surface area contributed by atoms with Crippen molar-refractivity contribution < 1.29 is 19.1 Å². The van der Waals surface area contributed by atoms with E-state index in [-0.39, 0.29) is 17.7 Å². The molecule has 1 fully saturated rings. The molecule has 1 saturated carbocycles. The highest BCUT2D eigenvalue weighted by atomic mass is 16.5. The summed E-state index contributed by atoms with van der Waals surface area (Å²) in [5, 5.41) is 5.65. The molecule has 0 bridgehead atoms. The van der Waals surface area contributed by atoms with Gasteiger partial charge >= 0.3 is 0 Å². The molecule has 2 aromatic rings. The fourth-order valence-corrected chi connectivity index (χ4v) is 2.46. The topological polar surface area (TPSA) is 76.7 Å². The lowest BCUT2D eigenvalue weighted by atomic mass is 10.2. The molecule has 0 heterocycles. The van der Waals surface area contributed by atoms with Gasteiger partial charge in [0.1, 0.15) is 6.61 Å². The zero-order chi connectivity index (χ0) is 18.4. The maximum absolute atomic E-state index is 12.2. The molecule has 0 aromatic heterocycles. The highest BCUT2D eigenvalue weighted by Gasteiger charge is 2.29. The van der Waals surface area contributed by atoms with Gasteiger partial charge in [0.25, 0.3) is 5.91 Å². The Hall–Kier alpha value is -3.02. The minimum Gasteiger partial charge on any atom is -0.493 e. The van der Waals surface area contributed by atoms with Gasteiger partial charge in [-0.2, -0.15) is 0 Å². The quantitative estimate of drug-likeness (QED) is 0.715. The van der Waals surface area contributed by atoms with E-state index in [1.165, 1.54) is 0 Å². The zero-order valence-electron chi connectivity index (χ0n) is 14.7. The molecule has 2 amide bonds. The number of ether oxygens (including phenoxy) is 2. The Bertz CT molecular complexity index is 770. The van der Waals surface area contributed by atoms with Gasteiger partial charge in [0.05, 0.1) is 13.7 Å². The molecule has 0 atom stereocenters. The average molecular weight is 354 g/mol. The molecule has 3 rings (SSSR count). The average Bonchev–Trinajstić information content (AvgIpc) is 3.51. The number of hydrogen-bond donors (Lipinski definition) is 2. The van der Waals surface area contributed by atoms with Crippen LogP contribution in [0.1, 0.15) is 23.2 Å². The molecule has 0 unspecified atom stereocenters. The lowest BCUT2D eigenvalue weighted by Gasteiger charge is -2.11. The van der Waals surface area contributed by atoms with Crippen LogP contribution in [0.15, 0.2) is 48.5 Å². The van der Waals surface area contributed by atoms with Crippen LogP contribution in [0.2, 0.25) is 0 Å². The lowest BCUT2D eigenvalue weighted by Crippen LogP contribution is -2.28. The van der Waals surface area contributed by atoms with E-state index in [0.29, 0.717) is 35.9 Å². The highest BCUT2D eigenvalue weighted by molar-refractivity contribution is 5.96. The number of para-hydroxylation sites is 2. The molecule has 0 spiro atoms. The van der Waals surface area contributed by atoms with Crippen LogP contribution in [0.4, 0.5) is 5.69 Å². The van der Waals surface area contributed by atoms with E-state index in [1.807, 2.05) is 24.3 Å². The number of amides is 2. The van der Waals surface area contributed by atoms with E-state index in [9.17, 15) is 9.59 Å². The minimum absolute atomic E-state index is 0.0516. The van der Waals surface area contributed by atoms with E-state index in [0.717, 1.165) is 12.8 Å². The first-order valence-corrected chi connectivity index (χ1v) is 8.62. The first kappa shape index (κ1) is 17.8. The maximum atomic E-state index is 12.2. The number of carbonyl (C=O) groups is 2. The van der Waals surface area contributed by atoms with Crippen molar-refractivity contribution in [3.05, 3.63) is 54.1 Å². The van der Waals surface area contributed by atoms with E-state index in [4.69, 9.17) is 9.47 Å². The zero-order valence-corrected chi connectivity index (χ0v) is 14.7. The Morgan fingerprint density at radius 2 is 1.73 bits per heavy atom. The van der Waals surface area contributed by atoms with Crippen LogP contribution in [-0.4, -0.2) is 32.1 Å². The first-order chi connectivity index (χ1) is 12.7. The van der Waals surface area contributed by atoms with E-state index in [2.05, 4.69) is 10.6 Å². The van der Waals surface area contributed by atoms with E-state index < -0.39 is 0 Å². The molecule has 2 aromatic carbocycles. The number of nitrogens with one attached hydrogen (secondary N) is 2. The van der Waals surface area contributed by atoms with Crippen LogP contribution in [0, 0.1) is 5.92 Å². The predicted molar refractivity (Wildman–Crippen MR) is 98.6 cm³/mol. The number of hydrogen-bond acceptors (Lipinski definition) is 4. The summed E-state index contributed by atoms with van der Waals surface area (Å²) < 4.78 is 10.8. The SMILES string of the molecule is COc1ccccc1OCCNC(=O)c1ccc(NC(=O)C2CC2)cc1. The molecule has 26 heavy (non-hydrogen) atoms. The van der Waals surface area contributed by atoms with Gasteiger partial charge in [-0.3, -0.25) is 9.59 Å². The largest absolute Gasteiger partial charge is 0.493 e. The fraction of sp³-hybridized carbons (Fsp3) is 0.300. The molecule has 0 radical (unpaired) electrons. The van der Waals surface area contributed by atoms with Gasteiger partial charge in [-0.1, -0.05) is 12.1 Å². The normalized spacial score (nSPS) is 13.0. The highest BCUT2D eigenvalue weighted by Crippen LogP contribution is 2.30. The number of benzene rings is 2. The van der Waals surface area contributed by atoms with E-state index in [1.54, 1.807) is 31.4 Å². The molecule has 6 nitrogen and oxygen atoms in total. The van der Waals surface area contributed by atoms with Gasteiger partial charge in [-0.15, -0.1) is 0 Å². The first-order valence-electron chi connectivity index (χ1n) is 8.62. The smallest absolute Gasteiger partial charge is 0.251 e. The minimum atomic E-state index is -0.186. The second-order valence-corrected chi connectivity index (χ2v) is 6.10. The molecule has 136 valence electrons. The summed E-state index contributed by atoms with van der Waals surface area (Å²) in [5.41, 5.74) is 1.24. The summed E-state index contributed by atoms with van der Waals surface area (Å²) in [7, 11) is 1.58. The van der Waals surface area contributed by atoms with Crippen molar-refractivity contribution >= 4 is 17.5 Å². The molecule has 1 aliphatic rings. The Morgan fingerprint density at radius 1 is 1.04 bits per heavy atom. The number of rotatable bonds is 8. The van der Waals surface area contributed by atoms with Gasteiger partial charge in [0.15, 0.2) is 11.5 Å². The van der Waals surface area contributed by atoms with Crippen LogP contribution < -0.4 is 20.1 Å². The summed E-state index contributed by atoms with van der Waals surface area (Å²) in [6.07, 6.45) is 1.92. The second-order valence-electron chi connectivity index (χ2n) is 6.10. The molecular weight excluding hydrogens is 332 g/mol. The van der Waals surface area contributed by atoms with Crippen molar-refractivity contribution in [1.29, 1.82) is 0 Å². The molecule has 0 aliphatic heterocycles. The van der Waals surface area contributed by atoms with Gasteiger partial charge in [-0.25, -0.2) is 0 Å². The molecule has 1 aliphatic carbocycles.